The molecule has 1 N–H and O–H groups in total. The third kappa shape index (κ3) is 3.63. The monoisotopic (exact) mass is 243 g/mol. The first-order valence-corrected chi connectivity index (χ1v) is 5.41. The lowest BCUT2D eigenvalue weighted by Gasteiger charge is -2.01. The Hall–Kier alpha value is -1.40. The number of hydrogen-bond donors (Lipinski definition) is 1. The smallest absolute Gasteiger partial charge is 0.325 e. The molecule has 0 saturated heterocycles. The predicted molar refractivity (Wildman–Crippen MR) is 59.4 cm³/mol. The number of carbonyl (C=O) groups is 2. The lowest BCUT2D eigenvalue weighted by molar-refractivity contribution is -0.139. The van der Waals surface area contributed by atoms with Gasteiger partial charge in [-0.1, -0.05) is 0 Å². The summed E-state index contributed by atoms with van der Waals surface area (Å²) in [5.74, 6) is -0.750. The van der Waals surface area contributed by atoms with Gasteiger partial charge >= 0.3 is 5.97 Å². The fraction of sp³-hybridized carbons (Fsp3) is 0.400. The van der Waals surface area contributed by atoms with Crippen molar-refractivity contribution in [2.75, 3.05) is 20.8 Å². The molecule has 0 saturated carbocycles. The zero-order valence-corrected chi connectivity index (χ0v) is 9.93. The van der Waals surface area contributed by atoms with E-state index in [1.54, 1.807) is 13.2 Å². The number of rotatable bonds is 5. The third-order valence-electron chi connectivity index (χ3n) is 1.79. The standard InChI is InChI=1S/C10H13NO4S/c1-14-6-7-3-4-8(16-7)10(13)11-5-9(12)15-2/h3-4H,5-6H2,1-2H3,(H,11,13). The molecule has 0 fully saturated rings. The predicted octanol–water partition coefficient (Wildman–Crippen LogP) is 0.797. The molecule has 6 heteroatoms. The highest BCUT2D eigenvalue weighted by Crippen LogP contribution is 2.16. The fourth-order valence-electron chi connectivity index (χ4n) is 1.03. The molecule has 0 spiro atoms. The second kappa shape index (κ2) is 6.24. The Kier molecular flexibility index (Phi) is 4.94. The number of thiophene rings is 1. The Morgan fingerprint density at radius 1 is 1.38 bits per heavy atom. The average Bonchev–Trinajstić information content (AvgIpc) is 2.74. The lowest BCUT2D eigenvalue weighted by atomic mass is 10.4. The van der Waals surface area contributed by atoms with E-state index in [1.165, 1.54) is 18.4 Å². The SMILES string of the molecule is COCc1ccc(C(=O)NCC(=O)OC)s1. The van der Waals surface area contributed by atoms with Gasteiger partial charge in [0.1, 0.15) is 6.54 Å². The van der Waals surface area contributed by atoms with Crippen LogP contribution in [-0.2, 0) is 20.9 Å². The van der Waals surface area contributed by atoms with E-state index in [4.69, 9.17) is 4.74 Å². The summed E-state index contributed by atoms with van der Waals surface area (Å²) in [6, 6.07) is 3.52. The van der Waals surface area contributed by atoms with Gasteiger partial charge in [0.25, 0.3) is 5.91 Å². The highest BCUT2D eigenvalue weighted by atomic mass is 32.1. The van der Waals surface area contributed by atoms with Crippen molar-refractivity contribution in [1.82, 2.24) is 5.32 Å². The Balaban J connectivity index is 2.49. The molecule has 1 aromatic rings. The zero-order valence-electron chi connectivity index (χ0n) is 9.11. The van der Waals surface area contributed by atoms with Gasteiger partial charge in [0.05, 0.1) is 18.6 Å². The number of esters is 1. The van der Waals surface area contributed by atoms with Gasteiger partial charge in [-0.3, -0.25) is 9.59 Å². The van der Waals surface area contributed by atoms with Gasteiger partial charge in [0.2, 0.25) is 0 Å². The summed E-state index contributed by atoms with van der Waals surface area (Å²) < 4.78 is 9.35. The van der Waals surface area contributed by atoms with Crippen molar-refractivity contribution in [3.05, 3.63) is 21.9 Å². The van der Waals surface area contributed by atoms with Crippen molar-refractivity contribution in [2.24, 2.45) is 0 Å². The van der Waals surface area contributed by atoms with Gasteiger partial charge in [0.15, 0.2) is 0 Å². The van der Waals surface area contributed by atoms with E-state index in [9.17, 15) is 9.59 Å². The molecule has 0 aliphatic heterocycles. The van der Waals surface area contributed by atoms with Crippen molar-refractivity contribution in [2.45, 2.75) is 6.61 Å². The molecular formula is C10H13NO4S. The van der Waals surface area contributed by atoms with Gasteiger partial charge < -0.3 is 14.8 Å². The maximum atomic E-state index is 11.5. The normalized spacial score (nSPS) is 9.88. The average molecular weight is 243 g/mol. The van der Waals surface area contributed by atoms with Gasteiger partial charge in [-0.05, 0) is 12.1 Å². The molecule has 0 atom stereocenters. The molecule has 1 heterocycles. The second-order valence-corrected chi connectivity index (χ2v) is 4.13. The number of hydrogen-bond acceptors (Lipinski definition) is 5. The van der Waals surface area contributed by atoms with Crippen LogP contribution in [0.5, 0.6) is 0 Å². The topological polar surface area (TPSA) is 64.6 Å². The van der Waals surface area contributed by atoms with Crippen LogP contribution >= 0.6 is 11.3 Å². The van der Waals surface area contributed by atoms with Crippen molar-refractivity contribution in [3.8, 4) is 0 Å². The van der Waals surface area contributed by atoms with E-state index in [2.05, 4.69) is 10.1 Å². The van der Waals surface area contributed by atoms with Crippen molar-refractivity contribution < 1.29 is 19.1 Å². The minimum Gasteiger partial charge on any atom is -0.468 e. The van der Waals surface area contributed by atoms with Crippen LogP contribution in [-0.4, -0.2) is 32.6 Å². The molecule has 0 aliphatic rings. The molecule has 0 aromatic carbocycles. The minimum absolute atomic E-state index is 0.118. The summed E-state index contributed by atoms with van der Waals surface area (Å²) in [6.07, 6.45) is 0. The van der Waals surface area contributed by atoms with E-state index in [1.807, 2.05) is 6.07 Å². The highest BCUT2D eigenvalue weighted by Gasteiger charge is 2.10. The number of methoxy groups -OCH3 is 2. The first-order chi connectivity index (χ1) is 7.67. The number of carbonyl (C=O) groups excluding carboxylic acids is 2. The summed E-state index contributed by atoms with van der Waals surface area (Å²) >= 11 is 1.34. The first-order valence-electron chi connectivity index (χ1n) is 4.60. The van der Waals surface area contributed by atoms with Crippen LogP contribution in [0.4, 0.5) is 0 Å². The van der Waals surface area contributed by atoms with Crippen LogP contribution in [0.15, 0.2) is 12.1 Å². The van der Waals surface area contributed by atoms with Crippen molar-refractivity contribution in [3.63, 3.8) is 0 Å². The van der Waals surface area contributed by atoms with E-state index in [0.29, 0.717) is 11.5 Å². The van der Waals surface area contributed by atoms with Crippen molar-refractivity contribution >= 4 is 23.2 Å². The molecule has 5 nitrogen and oxygen atoms in total. The van der Waals surface area contributed by atoms with Crippen molar-refractivity contribution in [1.29, 1.82) is 0 Å². The lowest BCUT2D eigenvalue weighted by Crippen LogP contribution is -2.29. The van der Waals surface area contributed by atoms with E-state index >= 15 is 0 Å². The fourth-order valence-corrected chi connectivity index (χ4v) is 1.93. The molecule has 1 aromatic heterocycles. The highest BCUT2D eigenvalue weighted by molar-refractivity contribution is 7.14. The molecular weight excluding hydrogens is 230 g/mol. The van der Waals surface area contributed by atoms with Crippen LogP contribution in [0.3, 0.4) is 0 Å². The summed E-state index contributed by atoms with van der Waals surface area (Å²) in [7, 11) is 2.87. The van der Waals surface area contributed by atoms with Gasteiger partial charge in [0, 0.05) is 12.0 Å². The molecule has 0 aliphatic carbocycles. The van der Waals surface area contributed by atoms with Crippen LogP contribution in [0.1, 0.15) is 14.5 Å². The molecule has 0 unspecified atom stereocenters. The Labute approximate surface area is 97.4 Å². The maximum Gasteiger partial charge on any atom is 0.325 e. The number of nitrogens with one attached hydrogen (secondary N) is 1. The van der Waals surface area contributed by atoms with E-state index in [-0.39, 0.29) is 12.5 Å². The Bertz CT molecular complexity index is 375. The van der Waals surface area contributed by atoms with Gasteiger partial charge in [-0.15, -0.1) is 11.3 Å². The van der Waals surface area contributed by atoms with Crippen LogP contribution < -0.4 is 5.32 Å². The Morgan fingerprint density at radius 2 is 2.12 bits per heavy atom. The maximum absolute atomic E-state index is 11.5. The number of amides is 1. The molecule has 0 radical (unpaired) electrons. The number of ether oxygens (including phenoxy) is 2. The van der Waals surface area contributed by atoms with Crippen LogP contribution in [0.2, 0.25) is 0 Å². The van der Waals surface area contributed by atoms with Crippen LogP contribution in [0.25, 0.3) is 0 Å². The molecule has 1 rings (SSSR count). The second-order valence-electron chi connectivity index (χ2n) is 2.96. The summed E-state index contributed by atoms with van der Waals surface area (Å²) in [4.78, 5) is 23.9. The van der Waals surface area contributed by atoms with E-state index in [0.717, 1.165) is 4.88 Å². The van der Waals surface area contributed by atoms with E-state index < -0.39 is 5.97 Å². The molecule has 1 amide bonds. The summed E-state index contributed by atoms with van der Waals surface area (Å²) in [5.41, 5.74) is 0. The molecule has 88 valence electrons. The van der Waals surface area contributed by atoms with Gasteiger partial charge in [-0.25, -0.2) is 0 Å². The largest absolute Gasteiger partial charge is 0.468 e. The molecule has 16 heavy (non-hydrogen) atoms. The van der Waals surface area contributed by atoms with Gasteiger partial charge in [-0.2, -0.15) is 0 Å². The van der Waals surface area contributed by atoms with Crippen LogP contribution in [0, 0.1) is 0 Å². The summed E-state index contributed by atoms with van der Waals surface area (Å²) in [6.45, 7) is 0.363. The quantitative estimate of drug-likeness (QED) is 0.777. The summed E-state index contributed by atoms with van der Waals surface area (Å²) in [5, 5.41) is 2.46. The minimum atomic E-state index is -0.470. The molecule has 0 bridgehead atoms. The zero-order chi connectivity index (χ0) is 12.0. The third-order valence-corrected chi connectivity index (χ3v) is 2.85. The Morgan fingerprint density at radius 3 is 2.75 bits per heavy atom. The first kappa shape index (κ1) is 12.7.